The summed E-state index contributed by atoms with van der Waals surface area (Å²) >= 11 is 1.03. The van der Waals surface area contributed by atoms with Crippen LogP contribution in [0.15, 0.2) is 129 Å². The predicted octanol–water partition coefficient (Wildman–Crippen LogP) is 5.79. The van der Waals surface area contributed by atoms with Gasteiger partial charge in [-0.05, 0) is 84.1 Å². The maximum atomic E-state index is 12.7. The average molecular weight is 551 g/mol. The molecule has 8 nitrogen and oxygen atoms in total. The minimum Gasteiger partial charge on any atom is -0.430 e. The number of sulfone groups is 2. The minimum atomic E-state index is -3.63. The topological polar surface area (TPSA) is 113 Å². The molecule has 5 aromatic rings. The Labute approximate surface area is 217 Å². The molecule has 0 aliphatic carbocycles. The Hall–Kier alpha value is -4.06. The van der Waals surface area contributed by atoms with Crippen LogP contribution in [0.3, 0.4) is 0 Å². The van der Waals surface area contributed by atoms with Crippen LogP contribution in [-0.2, 0) is 19.7 Å². The van der Waals surface area contributed by atoms with Gasteiger partial charge in [-0.3, -0.25) is 0 Å². The molecule has 0 atom stereocenters. The molecule has 0 bridgehead atoms. The highest BCUT2D eigenvalue weighted by molar-refractivity contribution is 7.91. The normalized spacial score (nSPS) is 11.7. The van der Waals surface area contributed by atoms with Crippen molar-refractivity contribution >= 4 is 31.0 Å². The van der Waals surface area contributed by atoms with Crippen molar-refractivity contribution in [1.29, 1.82) is 0 Å². The molecule has 0 aliphatic heterocycles. The Bertz CT molecular complexity index is 1590. The van der Waals surface area contributed by atoms with Gasteiger partial charge in [0.25, 0.3) is 0 Å². The number of benzene rings is 4. The monoisotopic (exact) mass is 550 g/mol. The number of aromatic nitrogens is 2. The van der Waals surface area contributed by atoms with Gasteiger partial charge in [-0.1, -0.05) is 46.6 Å². The smallest absolute Gasteiger partial charge is 0.302 e. The summed E-state index contributed by atoms with van der Waals surface area (Å²) in [4.78, 5) is 0.704. The number of hydrogen-bond acceptors (Lipinski definition) is 9. The fourth-order valence-corrected chi connectivity index (χ4v) is 6.48. The average Bonchev–Trinajstić information content (AvgIpc) is 3.37. The first kappa shape index (κ1) is 24.6. The first-order chi connectivity index (χ1) is 17.8. The molecule has 186 valence electrons. The standard InChI is InChI=1S/C26H18N2O6S3/c29-36(30,21-7-3-1-4-8-21)23-15-11-19(12-16-23)33-25-27-28-26(35-25)34-20-13-17-24(18-14-20)37(31,32)22-9-5-2-6-10-22/h1-18H. The second kappa shape index (κ2) is 10.1. The fraction of sp³-hybridized carbons (Fsp3) is 0. The summed E-state index contributed by atoms with van der Waals surface area (Å²) in [5.41, 5.74) is 0. The lowest BCUT2D eigenvalue weighted by Crippen LogP contribution is -2.01. The molecule has 37 heavy (non-hydrogen) atoms. The molecule has 0 saturated carbocycles. The predicted molar refractivity (Wildman–Crippen MR) is 137 cm³/mol. The van der Waals surface area contributed by atoms with Crippen LogP contribution in [0.1, 0.15) is 0 Å². The molecule has 0 N–H and O–H groups in total. The summed E-state index contributed by atoms with van der Waals surface area (Å²) < 4.78 is 62.2. The van der Waals surface area contributed by atoms with Gasteiger partial charge in [0.2, 0.25) is 19.7 Å². The zero-order valence-electron chi connectivity index (χ0n) is 19.0. The second-order valence-electron chi connectivity index (χ2n) is 7.61. The zero-order valence-corrected chi connectivity index (χ0v) is 21.4. The first-order valence-corrected chi connectivity index (χ1v) is 14.6. The molecule has 0 radical (unpaired) electrons. The molecular weight excluding hydrogens is 532 g/mol. The molecule has 0 unspecified atom stereocenters. The quantitative estimate of drug-likeness (QED) is 0.239. The molecule has 1 heterocycles. The molecule has 0 saturated heterocycles. The summed E-state index contributed by atoms with van der Waals surface area (Å²) in [7, 11) is -7.25. The molecule has 0 fully saturated rings. The van der Waals surface area contributed by atoms with E-state index in [9.17, 15) is 16.8 Å². The van der Waals surface area contributed by atoms with E-state index in [0.717, 1.165) is 11.3 Å². The summed E-state index contributed by atoms with van der Waals surface area (Å²) in [6.07, 6.45) is 0. The number of rotatable bonds is 8. The van der Waals surface area contributed by atoms with Crippen LogP contribution in [0, 0.1) is 0 Å². The van der Waals surface area contributed by atoms with Crippen LogP contribution >= 0.6 is 11.3 Å². The molecular formula is C26H18N2O6S3. The van der Waals surface area contributed by atoms with Gasteiger partial charge in [0, 0.05) is 0 Å². The third kappa shape index (κ3) is 5.38. The van der Waals surface area contributed by atoms with Crippen LogP contribution in [0.25, 0.3) is 0 Å². The molecule has 0 amide bonds. The van der Waals surface area contributed by atoms with E-state index in [1.807, 2.05) is 0 Å². The van der Waals surface area contributed by atoms with Gasteiger partial charge >= 0.3 is 10.4 Å². The maximum Gasteiger partial charge on any atom is 0.302 e. The highest BCUT2D eigenvalue weighted by atomic mass is 32.2. The Balaban J connectivity index is 1.24. The fourth-order valence-electron chi connectivity index (χ4n) is 3.33. The highest BCUT2D eigenvalue weighted by Crippen LogP contribution is 2.33. The highest BCUT2D eigenvalue weighted by Gasteiger charge is 2.19. The van der Waals surface area contributed by atoms with Gasteiger partial charge in [-0.2, -0.15) is 0 Å². The Morgan fingerprint density at radius 2 is 0.784 bits per heavy atom. The third-order valence-electron chi connectivity index (χ3n) is 5.17. The van der Waals surface area contributed by atoms with Crippen LogP contribution in [0.4, 0.5) is 0 Å². The molecule has 5 rings (SSSR count). The molecule has 1 aromatic heterocycles. The summed E-state index contributed by atoms with van der Waals surface area (Å²) in [6.45, 7) is 0. The van der Waals surface area contributed by atoms with Crippen LogP contribution in [0.2, 0.25) is 0 Å². The van der Waals surface area contributed by atoms with Crippen LogP contribution < -0.4 is 9.47 Å². The van der Waals surface area contributed by atoms with Gasteiger partial charge in [-0.15, -0.1) is 0 Å². The van der Waals surface area contributed by atoms with Gasteiger partial charge in [-0.25, -0.2) is 16.8 Å². The minimum absolute atomic E-state index is 0.144. The largest absolute Gasteiger partial charge is 0.430 e. The van der Waals surface area contributed by atoms with Crippen molar-refractivity contribution in [3.63, 3.8) is 0 Å². The van der Waals surface area contributed by atoms with Gasteiger partial charge in [0.15, 0.2) is 0 Å². The Morgan fingerprint density at radius 1 is 0.459 bits per heavy atom. The Kier molecular flexibility index (Phi) is 6.74. The first-order valence-electron chi connectivity index (χ1n) is 10.8. The third-order valence-corrected chi connectivity index (χ3v) is 9.42. The lowest BCUT2D eigenvalue weighted by molar-refractivity contribution is 0.461. The van der Waals surface area contributed by atoms with E-state index in [1.54, 1.807) is 36.4 Å². The SMILES string of the molecule is O=S(=O)(c1ccccc1)c1ccc(Oc2nnc(Oc3ccc(S(=O)(=O)c4ccccc4)cc3)s2)cc1. The molecule has 0 spiro atoms. The Morgan fingerprint density at radius 3 is 1.14 bits per heavy atom. The maximum absolute atomic E-state index is 12.7. The molecule has 4 aromatic carbocycles. The number of ether oxygens (including phenoxy) is 2. The summed E-state index contributed by atoms with van der Waals surface area (Å²) in [5, 5.41) is 8.24. The van der Waals surface area contributed by atoms with Gasteiger partial charge in [0.05, 0.1) is 19.6 Å². The lowest BCUT2D eigenvalue weighted by Gasteiger charge is -2.06. The van der Waals surface area contributed by atoms with Crippen molar-refractivity contribution in [2.24, 2.45) is 0 Å². The van der Waals surface area contributed by atoms with E-state index in [4.69, 9.17) is 9.47 Å². The summed E-state index contributed by atoms with van der Waals surface area (Å²) in [6, 6.07) is 28.3. The molecule has 0 aliphatic rings. The van der Waals surface area contributed by atoms with Gasteiger partial charge in [0.1, 0.15) is 11.5 Å². The van der Waals surface area contributed by atoms with Crippen molar-refractivity contribution in [1.82, 2.24) is 10.2 Å². The van der Waals surface area contributed by atoms with E-state index in [0.29, 0.717) is 11.5 Å². The molecule has 11 heteroatoms. The second-order valence-corrected chi connectivity index (χ2v) is 12.4. The number of nitrogens with zero attached hydrogens (tertiary/aromatic N) is 2. The van der Waals surface area contributed by atoms with E-state index in [2.05, 4.69) is 10.2 Å². The van der Waals surface area contributed by atoms with Crippen molar-refractivity contribution in [2.45, 2.75) is 19.6 Å². The van der Waals surface area contributed by atoms with E-state index < -0.39 is 19.7 Å². The van der Waals surface area contributed by atoms with E-state index >= 15 is 0 Å². The van der Waals surface area contributed by atoms with Crippen molar-refractivity contribution in [3.8, 4) is 21.9 Å². The lowest BCUT2D eigenvalue weighted by atomic mass is 10.3. The zero-order chi connectivity index (χ0) is 25.9. The van der Waals surface area contributed by atoms with Crippen molar-refractivity contribution < 1.29 is 26.3 Å². The van der Waals surface area contributed by atoms with Crippen LogP contribution in [-0.4, -0.2) is 27.0 Å². The van der Waals surface area contributed by atoms with Crippen molar-refractivity contribution in [3.05, 3.63) is 109 Å². The van der Waals surface area contributed by atoms with Crippen molar-refractivity contribution in [2.75, 3.05) is 0 Å². The van der Waals surface area contributed by atoms with Crippen LogP contribution in [0.5, 0.6) is 21.9 Å². The van der Waals surface area contributed by atoms with E-state index in [-0.39, 0.29) is 30.0 Å². The number of hydrogen-bond donors (Lipinski definition) is 0. The summed E-state index contributed by atoms with van der Waals surface area (Å²) in [5.74, 6) is 0.760. The van der Waals surface area contributed by atoms with Gasteiger partial charge < -0.3 is 9.47 Å². The van der Waals surface area contributed by atoms with E-state index in [1.165, 1.54) is 72.8 Å².